The number of aryl methyl sites for hydroxylation is 1. The van der Waals surface area contributed by atoms with Crippen molar-refractivity contribution < 1.29 is 9.53 Å². The summed E-state index contributed by atoms with van der Waals surface area (Å²) in [6.07, 6.45) is 0. The van der Waals surface area contributed by atoms with Crippen LogP contribution in [0.5, 0.6) is 0 Å². The van der Waals surface area contributed by atoms with Gasteiger partial charge in [0.15, 0.2) is 0 Å². The Hall–Kier alpha value is -1.72. The smallest absolute Gasteiger partial charge is 0.337 e. The second kappa shape index (κ2) is 6.45. The molecule has 0 aliphatic heterocycles. The van der Waals surface area contributed by atoms with Crippen LogP contribution in [0.4, 0.5) is 0 Å². The summed E-state index contributed by atoms with van der Waals surface area (Å²) < 4.78 is 4.66. The predicted octanol–water partition coefficient (Wildman–Crippen LogP) is 2.53. The number of thiazole rings is 1. The lowest BCUT2D eigenvalue weighted by atomic mass is 10.1. The van der Waals surface area contributed by atoms with Gasteiger partial charge in [0.25, 0.3) is 0 Å². The minimum absolute atomic E-state index is 0.308. The summed E-state index contributed by atoms with van der Waals surface area (Å²) >= 11 is 1.66. The first kappa shape index (κ1) is 13.7. The normalized spacial score (nSPS) is 10.4. The van der Waals surface area contributed by atoms with Crippen LogP contribution in [-0.2, 0) is 17.8 Å². The van der Waals surface area contributed by atoms with E-state index in [9.17, 15) is 4.79 Å². The minimum Gasteiger partial charge on any atom is -0.465 e. The number of aromatic nitrogens is 1. The van der Waals surface area contributed by atoms with E-state index in [1.807, 2.05) is 24.4 Å². The molecule has 4 nitrogen and oxygen atoms in total. The van der Waals surface area contributed by atoms with Crippen LogP contribution >= 0.6 is 11.3 Å². The molecule has 100 valence electrons. The van der Waals surface area contributed by atoms with E-state index >= 15 is 0 Å². The first-order chi connectivity index (χ1) is 9.19. The predicted molar refractivity (Wildman–Crippen MR) is 75.2 cm³/mol. The molecule has 1 heterocycles. The van der Waals surface area contributed by atoms with Crippen molar-refractivity contribution in [2.24, 2.45) is 0 Å². The van der Waals surface area contributed by atoms with Crippen molar-refractivity contribution in [1.82, 2.24) is 10.3 Å². The molecule has 0 bridgehead atoms. The van der Waals surface area contributed by atoms with Gasteiger partial charge in [0.1, 0.15) is 5.01 Å². The Morgan fingerprint density at radius 1 is 1.32 bits per heavy atom. The van der Waals surface area contributed by atoms with Crippen LogP contribution in [-0.4, -0.2) is 18.1 Å². The maximum absolute atomic E-state index is 11.3. The van der Waals surface area contributed by atoms with Crippen molar-refractivity contribution in [3.05, 3.63) is 51.5 Å². The van der Waals surface area contributed by atoms with Gasteiger partial charge >= 0.3 is 5.97 Å². The largest absolute Gasteiger partial charge is 0.465 e. The molecule has 0 aliphatic carbocycles. The zero-order valence-corrected chi connectivity index (χ0v) is 11.8. The van der Waals surface area contributed by atoms with Gasteiger partial charge in [0.2, 0.25) is 0 Å². The van der Waals surface area contributed by atoms with Gasteiger partial charge in [0, 0.05) is 24.2 Å². The number of benzene rings is 1. The Labute approximate surface area is 116 Å². The summed E-state index contributed by atoms with van der Waals surface area (Å²) in [6, 6.07) is 7.39. The van der Waals surface area contributed by atoms with Crippen LogP contribution in [0, 0.1) is 6.92 Å². The summed E-state index contributed by atoms with van der Waals surface area (Å²) in [4.78, 5) is 15.7. The van der Waals surface area contributed by atoms with Crippen LogP contribution in [0.25, 0.3) is 0 Å². The van der Waals surface area contributed by atoms with Crippen LogP contribution in [0.1, 0.15) is 26.6 Å². The molecule has 0 fully saturated rings. The molecule has 1 aromatic heterocycles. The average Bonchev–Trinajstić information content (AvgIpc) is 2.84. The fourth-order valence-electron chi connectivity index (χ4n) is 1.67. The Balaban J connectivity index is 1.84. The van der Waals surface area contributed by atoms with Crippen molar-refractivity contribution in [3.8, 4) is 0 Å². The van der Waals surface area contributed by atoms with E-state index in [2.05, 4.69) is 15.0 Å². The molecule has 5 heteroatoms. The molecule has 0 unspecified atom stereocenters. The van der Waals surface area contributed by atoms with Crippen LogP contribution in [0.2, 0.25) is 0 Å². The van der Waals surface area contributed by atoms with Gasteiger partial charge in [-0.3, -0.25) is 0 Å². The van der Waals surface area contributed by atoms with Gasteiger partial charge in [-0.25, -0.2) is 9.78 Å². The summed E-state index contributed by atoms with van der Waals surface area (Å²) in [5, 5.41) is 6.46. The second-order valence-electron chi connectivity index (χ2n) is 4.17. The molecule has 0 spiro atoms. The topological polar surface area (TPSA) is 51.2 Å². The van der Waals surface area contributed by atoms with Crippen molar-refractivity contribution in [2.75, 3.05) is 7.11 Å². The molecule has 0 atom stereocenters. The van der Waals surface area contributed by atoms with Gasteiger partial charge in [0.05, 0.1) is 12.7 Å². The lowest BCUT2D eigenvalue weighted by molar-refractivity contribution is 0.0600. The highest BCUT2D eigenvalue weighted by molar-refractivity contribution is 7.09. The molecular formula is C14H16N2O2S. The van der Waals surface area contributed by atoms with Crippen LogP contribution in [0.3, 0.4) is 0 Å². The average molecular weight is 276 g/mol. The highest BCUT2D eigenvalue weighted by atomic mass is 32.1. The molecule has 0 radical (unpaired) electrons. The van der Waals surface area contributed by atoms with Crippen LogP contribution < -0.4 is 5.32 Å². The fourth-order valence-corrected chi connectivity index (χ4v) is 2.42. The Bertz CT molecular complexity index is 549. The summed E-state index contributed by atoms with van der Waals surface area (Å²) in [5.74, 6) is -0.308. The van der Waals surface area contributed by atoms with E-state index in [4.69, 9.17) is 0 Å². The van der Waals surface area contributed by atoms with Gasteiger partial charge in [-0.15, -0.1) is 11.3 Å². The molecule has 1 aromatic carbocycles. The quantitative estimate of drug-likeness (QED) is 0.853. The van der Waals surface area contributed by atoms with Crippen molar-refractivity contribution in [3.63, 3.8) is 0 Å². The number of nitrogens with zero attached hydrogens (tertiary/aromatic N) is 1. The highest BCUT2D eigenvalue weighted by Gasteiger charge is 2.04. The van der Waals surface area contributed by atoms with Gasteiger partial charge < -0.3 is 10.1 Å². The molecule has 0 amide bonds. The highest BCUT2D eigenvalue weighted by Crippen LogP contribution is 2.09. The Kier molecular flexibility index (Phi) is 4.65. The third-order valence-electron chi connectivity index (χ3n) is 2.65. The number of hydrogen-bond acceptors (Lipinski definition) is 5. The molecular weight excluding hydrogens is 260 g/mol. The zero-order chi connectivity index (χ0) is 13.7. The third-order valence-corrected chi connectivity index (χ3v) is 3.61. The van der Waals surface area contributed by atoms with E-state index < -0.39 is 0 Å². The summed E-state index contributed by atoms with van der Waals surface area (Å²) in [7, 11) is 1.38. The van der Waals surface area contributed by atoms with Gasteiger partial charge in [-0.05, 0) is 24.6 Å². The number of carbonyl (C=O) groups is 1. The third kappa shape index (κ3) is 3.87. The number of methoxy groups -OCH3 is 1. The summed E-state index contributed by atoms with van der Waals surface area (Å²) in [5.41, 5.74) is 2.76. The lowest BCUT2D eigenvalue weighted by Crippen LogP contribution is -2.12. The standard InChI is InChI=1S/C14H16N2O2S/c1-10-9-19-13(16-10)8-15-7-11-3-5-12(6-4-11)14(17)18-2/h3-6,9,15H,7-8H2,1-2H3. The fraction of sp³-hybridized carbons (Fsp3) is 0.286. The SMILES string of the molecule is COC(=O)c1ccc(CNCc2nc(C)cs2)cc1. The first-order valence-electron chi connectivity index (χ1n) is 5.98. The molecule has 2 aromatic rings. The first-order valence-corrected chi connectivity index (χ1v) is 6.86. The molecule has 0 saturated heterocycles. The molecule has 1 N–H and O–H groups in total. The van der Waals surface area contributed by atoms with E-state index in [0.29, 0.717) is 5.56 Å². The number of esters is 1. The van der Waals surface area contributed by atoms with Crippen molar-refractivity contribution in [1.29, 1.82) is 0 Å². The van der Waals surface area contributed by atoms with E-state index in [1.54, 1.807) is 23.5 Å². The van der Waals surface area contributed by atoms with Gasteiger partial charge in [-0.1, -0.05) is 12.1 Å². The molecule has 0 saturated carbocycles. The van der Waals surface area contributed by atoms with Crippen molar-refractivity contribution in [2.45, 2.75) is 20.0 Å². The second-order valence-corrected chi connectivity index (χ2v) is 5.12. The zero-order valence-electron chi connectivity index (χ0n) is 11.0. The van der Waals surface area contributed by atoms with E-state index in [1.165, 1.54) is 7.11 Å². The maximum atomic E-state index is 11.3. The Morgan fingerprint density at radius 3 is 2.63 bits per heavy atom. The van der Waals surface area contributed by atoms with Crippen LogP contribution in [0.15, 0.2) is 29.6 Å². The molecule has 0 aliphatic rings. The maximum Gasteiger partial charge on any atom is 0.337 e. The summed E-state index contributed by atoms with van der Waals surface area (Å²) in [6.45, 7) is 3.50. The number of nitrogens with one attached hydrogen (secondary N) is 1. The number of rotatable bonds is 5. The Morgan fingerprint density at radius 2 is 2.05 bits per heavy atom. The monoisotopic (exact) mass is 276 g/mol. The number of carbonyl (C=O) groups excluding carboxylic acids is 1. The van der Waals surface area contributed by atoms with Gasteiger partial charge in [-0.2, -0.15) is 0 Å². The molecule has 2 rings (SSSR count). The minimum atomic E-state index is -0.308. The lowest BCUT2D eigenvalue weighted by Gasteiger charge is -2.04. The molecule has 19 heavy (non-hydrogen) atoms. The van der Waals surface area contributed by atoms with E-state index in [0.717, 1.165) is 29.4 Å². The van der Waals surface area contributed by atoms with E-state index in [-0.39, 0.29) is 5.97 Å². The number of hydrogen-bond donors (Lipinski definition) is 1. The van der Waals surface area contributed by atoms with Crippen molar-refractivity contribution >= 4 is 17.3 Å². The number of ether oxygens (including phenoxy) is 1.